The first kappa shape index (κ1) is 10.8. The molecule has 0 bridgehead atoms. The minimum absolute atomic E-state index is 0.190. The summed E-state index contributed by atoms with van der Waals surface area (Å²) in [6.07, 6.45) is 0. The van der Waals surface area contributed by atoms with Crippen molar-refractivity contribution in [1.29, 1.82) is 0 Å². The second-order valence-corrected chi connectivity index (χ2v) is 5.78. The Hall–Kier alpha value is -0.360. The van der Waals surface area contributed by atoms with Crippen LogP contribution in [-0.4, -0.2) is 36.0 Å². The highest BCUT2D eigenvalue weighted by Gasteiger charge is 2.32. The van der Waals surface area contributed by atoms with Crippen LogP contribution in [-0.2, 0) is 4.74 Å². The molecule has 1 atom stereocenters. The number of anilines is 1. The first-order valence-electron chi connectivity index (χ1n) is 5.42. The second kappa shape index (κ2) is 4.49. The van der Waals surface area contributed by atoms with Crippen LogP contribution in [0.15, 0.2) is 29.2 Å². The molecule has 0 spiro atoms. The fraction of sp³-hybridized carbons (Fsp3) is 0.455. The van der Waals surface area contributed by atoms with Gasteiger partial charge in [-0.05, 0) is 12.1 Å². The van der Waals surface area contributed by atoms with E-state index in [0.717, 1.165) is 26.3 Å². The largest absolute Gasteiger partial charge is 0.379 e. The van der Waals surface area contributed by atoms with Crippen LogP contribution in [0.25, 0.3) is 0 Å². The Morgan fingerprint density at radius 1 is 1.25 bits per heavy atom. The van der Waals surface area contributed by atoms with Gasteiger partial charge >= 0.3 is 0 Å². The van der Waals surface area contributed by atoms with Crippen molar-refractivity contribution in [3.8, 4) is 0 Å². The minimum atomic E-state index is 0.190. The number of rotatable bonds is 1. The van der Waals surface area contributed by atoms with Crippen LogP contribution in [0, 0.1) is 0 Å². The number of ether oxygens (including phenoxy) is 1. The summed E-state index contributed by atoms with van der Waals surface area (Å²) in [5, 5.41) is 4.62. The highest BCUT2D eigenvalue weighted by Crippen LogP contribution is 2.45. The van der Waals surface area contributed by atoms with Crippen LogP contribution in [0.1, 0.15) is 0 Å². The number of thiol groups is 1. The number of morpholine rings is 1. The van der Waals surface area contributed by atoms with Gasteiger partial charge in [-0.15, -0.1) is 12.6 Å². The van der Waals surface area contributed by atoms with Crippen molar-refractivity contribution in [3.05, 3.63) is 24.3 Å². The van der Waals surface area contributed by atoms with E-state index in [1.807, 2.05) is 0 Å². The van der Waals surface area contributed by atoms with Gasteiger partial charge in [-0.3, -0.25) is 5.01 Å². The molecule has 1 aromatic rings. The van der Waals surface area contributed by atoms with Crippen molar-refractivity contribution >= 4 is 30.1 Å². The fourth-order valence-corrected chi connectivity index (χ4v) is 3.71. The van der Waals surface area contributed by atoms with E-state index in [0.29, 0.717) is 0 Å². The van der Waals surface area contributed by atoms with Gasteiger partial charge in [-0.1, -0.05) is 23.9 Å². The second-order valence-electron chi connectivity index (χ2n) is 3.82. The average Bonchev–Trinajstić information content (AvgIpc) is 2.66. The van der Waals surface area contributed by atoms with Crippen LogP contribution < -0.4 is 5.01 Å². The smallest absolute Gasteiger partial charge is 0.138 e. The van der Waals surface area contributed by atoms with E-state index in [2.05, 4.69) is 46.9 Å². The van der Waals surface area contributed by atoms with Gasteiger partial charge in [0.2, 0.25) is 0 Å². The summed E-state index contributed by atoms with van der Waals surface area (Å²) in [6.45, 7) is 3.52. The topological polar surface area (TPSA) is 15.7 Å². The van der Waals surface area contributed by atoms with Crippen LogP contribution in [0.5, 0.6) is 0 Å². The van der Waals surface area contributed by atoms with Crippen molar-refractivity contribution < 1.29 is 4.74 Å². The first-order valence-corrected chi connectivity index (χ1v) is 6.81. The van der Waals surface area contributed by atoms with Crippen LogP contribution in [0.2, 0.25) is 0 Å². The lowest BCUT2D eigenvalue weighted by molar-refractivity contribution is 0.0332. The highest BCUT2D eigenvalue weighted by atomic mass is 32.2. The van der Waals surface area contributed by atoms with Crippen molar-refractivity contribution in [1.82, 2.24) is 5.01 Å². The lowest BCUT2D eigenvalue weighted by Crippen LogP contribution is -2.50. The zero-order valence-electron chi connectivity index (χ0n) is 8.87. The normalized spacial score (nSPS) is 25.8. The maximum absolute atomic E-state index is 5.38. The molecule has 0 aliphatic carbocycles. The number of hydrazine groups is 1. The Kier molecular flexibility index (Phi) is 3.02. The number of nitrogens with zero attached hydrogens (tertiary/aromatic N) is 2. The molecule has 2 aliphatic heterocycles. The predicted molar refractivity (Wildman–Crippen MR) is 69.9 cm³/mol. The zero-order valence-corrected chi connectivity index (χ0v) is 10.6. The highest BCUT2D eigenvalue weighted by molar-refractivity contribution is 8.10. The Morgan fingerprint density at radius 2 is 2.00 bits per heavy atom. The Labute approximate surface area is 105 Å². The van der Waals surface area contributed by atoms with Gasteiger partial charge in [-0.2, -0.15) is 0 Å². The van der Waals surface area contributed by atoms with E-state index in [9.17, 15) is 0 Å². The maximum Gasteiger partial charge on any atom is 0.138 e. The molecule has 2 aliphatic rings. The third-order valence-electron chi connectivity index (χ3n) is 2.85. The summed E-state index contributed by atoms with van der Waals surface area (Å²) >= 11 is 6.45. The Morgan fingerprint density at radius 3 is 2.81 bits per heavy atom. The molecule has 0 saturated carbocycles. The molecular formula is C11H14N2OS2. The average molecular weight is 254 g/mol. The molecule has 1 saturated heterocycles. The molecule has 0 amide bonds. The summed E-state index contributed by atoms with van der Waals surface area (Å²) in [6, 6.07) is 8.48. The van der Waals surface area contributed by atoms with Gasteiger partial charge < -0.3 is 4.74 Å². The van der Waals surface area contributed by atoms with Gasteiger partial charge in [0.25, 0.3) is 0 Å². The van der Waals surface area contributed by atoms with E-state index in [1.54, 1.807) is 11.8 Å². The third-order valence-corrected chi connectivity index (χ3v) is 4.39. The first-order chi connectivity index (χ1) is 7.86. The molecule has 86 valence electrons. The fourth-order valence-electron chi connectivity index (χ4n) is 2.09. The number of hydrogen-bond acceptors (Lipinski definition) is 5. The van der Waals surface area contributed by atoms with Gasteiger partial charge in [0.05, 0.1) is 18.9 Å². The number of thioether (sulfide) groups is 1. The van der Waals surface area contributed by atoms with Crippen molar-refractivity contribution in [2.45, 2.75) is 9.60 Å². The van der Waals surface area contributed by atoms with Gasteiger partial charge in [0.1, 0.15) is 4.71 Å². The molecule has 3 nitrogen and oxygen atoms in total. The van der Waals surface area contributed by atoms with Crippen molar-refractivity contribution in [2.75, 3.05) is 31.3 Å². The summed E-state index contributed by atoms with van der Waals surface area (Å²) in [7, 11) is 0. The number of para-hydroxylation sites is 1. The van der Waals surface area contributed by atoms with E-state index in [1.165, 1.54) is 10.6 Å². The van der Waals surface area contributed by atoms with Crippen LogP contribution in [0.3, 0.4) is 0 Å². The number of benzene rings is 1. The predicted octanol–water partition coefficient (Wildman–Crippen LogP) is 2.06. The summed E-state index contributed by atoms with van der Waals surface area (Å²) in [5.41, 5.74) is 1.27. The van der Waals surface area contributed by atoms with Crippen LogP contribution in [0.4, 0.5) is 5.69 Å². The van der Waals surface area contributed by atoms with E-state index < -0.39 is 0 Å². The monoisotopic (exact) mass is 254 g/mol. The molecule has 1 aromatic carbocycles. The number of hydrogen-bond donors (Lipinski definition) is 1. The molecule has 0 radical (unpaired) electrons. The SMILES string of the molecule is SC1Sc2ccccc2N1N1CCOCC1. The Balaban J connectivity index is 1.89. The van der Waals surface area contributed by atoms with E-state index in [-0.39, 0.29) is 4.71 Å². The van der Waals surface area contributed by atoms with Gasteiger partial charge in [0, 0.05) is 18.0 Å². The van der Waals surface area contributed by atoms with Gasteiger partial charge in [0.15, 0.2) is 0 Å². The molecule has 5 heteroatoms. The van der Waals surface area contributed by atoms with E-state index >= 15 is 0 Å². The molecular weight excluding hydrogens is 240 g/mol. The van der Waals surface area contributed by atoms with E-state index in [4.69, 9.17) is 4.74 Å². The van der Waals surface area contributed by atoms with Crippen molar-refractivity contribution in [3.63, 3.8) is 0 Å². The molecule has 0 aromatic heterocycles. The molecule has 16 heavy (non-hydrogen) atoms. The minimum Gasteiger partial charge on any atom is -0.379 e. The molecule has 1 unspecified atom stereocenters. The lowest BCUT2D eigenvalue weighted by Gasteiger charge is -2.38. The zero-order chi connectivity index (χ0) is 11.0. The van der Waals surface area contributed by atoms with Crippen molar-refractivity contribution in [2.24, 2.45) is 0 Å². The number of fused-ring (bicyclic) bond motifs is 1. The Bertz CT molecular complexity index is 382. The van der Waals surface area contributed by atoms with Gasteiger partial charge in [-0.25, -0.2) is 5.01 Å². The summed E-state index contributed by atoms with van der Waals surface area (Å²) < 4.78 is 5.57. The van der Waals surface area contributed by atoms with Crippen LogP contribution >= 0.6 is 24.4 Å². The molecule has 0 N–H and O–H groups in total. The summed E-state index contributed by atoms with van der Waals surface area (Å²) in [4.78, 5) is 1.31. The third kappa shape index (κ3) is 1.82. The maximum atomic E-state index is 5.38. The molecule has 3 rings (SSSR count). The standard InChI is InChI=1S/C11H14N2OS2/c15-11-13(12-5-7-14-8-6-12)9-3-1-2-4-10(9)16-11/h1-4,11,15H,5-8H2. The summed E-state index contributed by atoms with van der Waals surface area (Å²) in [5.74, 6) is 0. The molecule has 1 fully saturated rings. The quantitative estimate of drug-likeness (QED) is 0.772. The molecule has 2 heterocycles. The lowest BCUT2D eigenvalue weighted by atomic mass is 10.3.